The van der Waals surface area contributed by atoms with Gasteiger partial charge in [-0.05, 0) is 36.1 Å². The molecule has 0 bridgehead atoms. The molecule has 5 aromatic heterocycles. The minimum atomic E-state index is -0.0797. The van der Waals surface area contributed by atoms with E-state index in [2.05, 4.69) is 15.0 Å². The molecule has 0 saturated heterocycles. The predicted molar refractivity (Wildman–Crippen MR) is 108 cm³/mol. The van der Waals surface area contributed by atoms with E-state index in [0.717, 1.165) is 33.4 Å². The first kappa shape index (κ1) is 16.4. The molecule has 6 nitrogen and oxygen atoms in total. The SMILES string of the molecule is Cc1ccc2nc(Cn3ccc4c(-c5cccnc5)cncc4c3=O)cn2c1. The summed E-state index contributed by atoms with van der Waals surface area (Å²) in [6, 6.07) is 9.81. The van der Waals surface area contributed by atoms with Crippen molar-refractivity contribution in [2.75, 3.05) is 0 Å². The summed E-state index contributed by atoms with van der Waals surface area (Å²) >= 11 is 0. The second kappa shape index (κ2) is 6.42. The smallest absolute Gasteiger partial charge is 0.260 e. The number of pyridine rings is 4. The minimum absolute atomic E-state index is 0.0797. The number of aromatic nitrogens is 5. The van der Waals surface area contributed by atoms with E-state index < -0.39 is 0 Å². The molecule has 0 aliphatic rings. The summed E-state index contributed by atoms with van der Waals surface area (Å²) in [5.41, 5.74) is 4.63. The topological polar surface area (TPSA) is 65.1 Å². The Hall–Kier alpha value is -3.80. The first-order valence-corrected chi connectivity index (χ1v) is 9.01. The van der Waals surface area contributed by atoms with Crippen LogP contribution in [0.1, 0.15) is 11.3 Å². The van der Waals surface area contributed by atoms with Gasteiger partial charge in [0.2, 0.25) is 0 Å². The lowest BCUT2D eigenvalue weighted by Crippen LogP contribution is -2.20. The zero-order chi connectivity index (χ0) is 19.1. The Labute approximate surface area is 160 Å². The number of aryl methyl sites for hydroxylation is 1. The molecule has 0 saturated carbocycles. The minimum Gasteiger partial charge on any atom is -0.309 e. The molecule has 5 heterocycles. The van der Waals surface area contributed by atoms with Gasteiger partial charge in [-0.25, -0.2) is 4.98 Å². The summed E-state index contributed by atoms with van der Waals surface area (Å²) < 4.78 is 3.66. The first-order valence-electron chi connectivity index (χ1n) is 9.01. The third-order valence-electron chi connectivity index (χ3n) is 4.85. The van der Waals surface area contributed by atoms with Crippen LogP contribution in [0.2, 0.25) is 0 Å². The van der Waals surface area contributed by atoms with Crippen LogP contribution >= 0.6 is 0 Å². The van der Waals surface area contributed by atoms with E-state index >= 15 is 0 Å². The van der Waals surface area contributed by atoms with E-state index in [9.17, 15) is 4.79 Å². The second-order valence-corrected chi connectivity index (χ2v) is 6.84. The lowest BCUT2D eigenvalue weighted by molar-refractivity contribution is 0.752. The summed E-state index contributed by atoms with van der Waals surface area (Å²) in [5.74, 6) is 0. The maximum Gasteiger partial charge on any atom is 0.260 e. The molecular formula is C22H17N5O. The van der Waals surface area contributed by atoms with Crippen LogP contribution in [0.4, 0.5) is 0 Å². The Morgan fingerprint density at radius 3 is 2.75 bits per heavy atom. The van der Waals surface area contributed by atoms with Gasteiger partial charge in [0.15, 0.2) is 0 Å². The van der Waals surface area contributed by atoms with Crippen molar-refractivity contribution in [2.24, 2.45) is 0 Å². The van der Waals surface area contributed by atoms with Crippen LogP contribution in [0.25, 0.3) is 27.5 Å². The van der Waals surface area contributed by atoms with Crippen LogP contribution in [0.15, 0.2) is 78.5 Å². The fourth-order valence-electron chi connectivity index (χ4n) is 3.49. The van der Waals surface area contributed by atoms with Crippen LogP contribution in [-0.2, 0) is 6.54 Å². The number of fused-ring (bicyclic) bond motifs is 2. The number of rotatable bonds is 3. The molecule has 0 radical (unpaired) electrons. The van der Waals surface area contributed by atoms with Crippen molar-refractivity contribution in [1.29, 1.82) is 0 Å². The molecule has 0 amide bonds. The highest BCUT2D eigenvalue weighted by molar-refractivity contribution is 5.94. The highest BCUT2D eigenvalue weighted by Gasteiger charge is 2.10. The molecule has 0 aliphatic carbocycles. The molecule has 0 aromatic carbocycles. The average molecular weight is 367 g/mol. The Bertz CT molecular complexity index is 1370. The van der Waals surface area contributed by atoms with Gasteiger partial charge in [0.25, 0.3) is 5.56 Å². The Balaban J connectivity index is 1.59. The second-order valence-electron chi connectivity index (χ2n) is 6.84. The van der Waals surface area contributed by atoms with Crippen molar-refractivity contribution in [2.45, 2.75) is 13.5 Å². The predicted octanol–water partition coefficient (Wildman–Crippen LogP) is 3.46. The maximum absolute atomic E-state index is 13.1. The highest BCUT2D eigenvalue weighted by atomic mass is 16.1. The summed E-state index contributed by atoms with van der Waals surface area (Å²) in [7, 11) is 0. The van der Waals surface area contributed by atoms with Crippen molar-refractivity contribution in [3.05, 3.63) is 95.3 Å². The van der Waals surface area contributed by atoms with Crippen molar-refractivity contribution >= 4 is 16.4 Å². The monoisotopic (exact) mass is 367 g/mol. The van der Waals surface area contributed by atoms with Crippen molar-refractivity contribution < 1.29 is 0 Å². The number of hydrogen-bond acceptors (Lipinski definition) is 4. The molecule has 0 spiro atoms. The molecule has 5 aromatic rings. The van der Waals surface area contributed by atoms with Crippen LogP contribution in [0.5, 0.6) is 0 Å². The molecule has 136 valence electrons. The van der Waals surface area contributed by atoms with Crippen LogP contribution in [-0.4, -0.2) is 23.9 Å². The van der Waals surface area contributed by atoms with Gasteiger partial charge < -0.3 is 8.97 Å². The lowest BCUT2D eigenvalue weighted by Gasteiger charge is -2.09. The fraction of sp³-hybridized carbons (Fsp3) is 0.0909. The quantitative estimate of drug-likeness (QED) is 0.490. The van der Waals surface area contributed by atoms with Gasteiger partial charge >= 0.3 is 0 Å². The number of nitrogens with zero attached hydrogens (tertiary/aromatic N) is 5. The van der Waals surface area contributed by atoms with Gasteiger partial charge in [-0.3, -0.25) is 14.8 Å². The van der Waals surface area contributed by atoms with Crippen LogP contribution < -0.4 is 5.56 Å². The maximum atomic E-state index is 13.1. The van der Waals surface area contributed by atoms with E-state index in [-0.39, 0.29) is 5.56 Å². The van der Waals surface area contributed by atoms with E-state index in [1.807, 2.05) is 60.2 Å². The van der Waals surface area contributed by atoms with Gasteiger partial charge in [-0.1, -0.05) is 12.1 Å². The summed E-state index contributed by atoms with van der Waals surface area (Å²) in [4.78, 5) is 26.1. The van der Waals surface area contributed by atoms with Gasteiger partial charge in [0.05, 0.1) is 17.6 Å². The van der Waals surface area contributed by atoms with E-state index in [1.54, 1.807) is 29.4 Å². The summed E-state index contributed by atoms with van der Waals surface area (Å²) in [6.45, 7) is 2.45. The average Bonchev–Trinajstić information content (AvgIpc) is 3.12. The van der Waals surface area contributed by atoms with Crippen molar-refractivity contribution in [1.82, 2.24) is 23.9 Å². The molecule has 28 heavy (non-hydrogen) atoms. The molecule has 0 fully saturated rings. The normalized spacial score (nSPS) is 11.3. The van der Waals surface area contributed by atoms with Crippen LogP contribution in [0.3, 0.4) is 0 Å². The van der Waals surface area contributed by atoms with E-state index in [1.165, 1.54) is 0 Å². The standard InChI is InChI=1S/C22H17N5O/c1-15-4-5-21-25-17(14-27(21)12-15)13-26-8-6-18-19(16-3-2-7-23-9-16)10-24-11-20(18)22(26)28/h2-12,14H,13H2,1H3. The Morgan fingerprint density at radius 2 is 1.89 bits per heavy atom. The third kappa shape index (κ3) is 2.75. The lowest BCUT2D eigenvalue weighted by atomic mass is 10.0. The number of hydrogen-bond donors (Lipinski definition) is 0. The third-order valence-corrected chi connectivity index (χ3v) is 4.85. The molecule has 0 atom stereocenters. The highest BCUT2D eigenvalue weighted by Crippen LogP contribution is 2.25. The first-order chi connectivity index (χ1) is 13.7. The fourth-order valence-corrected chi connectivity index (χ4v) is 3.49. The summed E-state index contributed by atoms with van der Waals surface area (Å²) in [6.07, 6.45) is 12.7. The van der Waals surface area contributed by atoms with Gasteiger partial charge in [0, 0.05) is 54.5 Å². The van der Waals surface area contributed by atoms with E-state index in [4.69, 9.17) is 0 Å². The Kier molecular flexibility index (Phi) is 3.76. The van der Waals surface area contributed by atoms with Gasteiger partial charge in [-0.2, -0.15) is 0 Å². The van der Waals surface area contributed by atoms with Crippen LogP contribution in [0, 0.1) is 6.92 Å². The van der Waals surface area contributed by atoms with Crippen molar-refractivity contribution in [3.63, 3.8) is 0 Å². The zero-order valence-corrected chi connectivity index (χ0v) is 15.3. The van der Waals surface area contributed by atoms with Gasteiger partial charge in [0.1, 0.15) is 5.65 Å². The van der Waals surface area contributed by atoms with E-state index in [0.29, 0.717) is 11.9 Å². The zero-order valence-electron chi connectivity index (χ0n) is 15.3. The summed E-state index contributed by atoms with van der Waals surface area (Å²) in [5, 5.41) is 1.46. The molecule has 5 rings (SSSR count). The molecule has 0 N–H and O–H groups in total. The largest absolute Gasteiger partial charge is 0.309 e. The molecule has 6 heteroatoms. The molecule has 0 aliphatic heterocycles. The Morgan fingerprint density at radius 1 is 0.964 bits per heavy atom. The molecule has 0 unspecified atom stereocenters. The van der Waals surface area contributed by atoms with Gasteiger partial charge in [-0.15, -0.1) is 0 Å². The van der Waals surface area contributed by atoms with Crippen molar-refractivity contribution in [3.8, 4) is 11.1 Å². The molecular weight excluding hydrogens is 350 g/mol. The number of imidazole rings is 1.